The van der Waals surface area contributed by atoms with Crippen LogP contribution in [0.2, 0.25) is 0 Å². The molecule has 4 heteroatoms. The summed E-state index contributed by atoms with van der Waals surface area (Å²) in [6.45, 7) is 0. The van der Waals surface area contributed by atoms with E-state index in [1.807, 2.05) is 53.1 Å². The largest absolute Gasteiger partial charge is 0.550 e. The number of rotatable bonds is 5. The van der Waals surface area contributed by atoms with Gasteiger partial charge in [0.15, 0.2) is 0 Å². The maximum atomic E-state index is 10.8. The Morgan fingerprint density at radius 1 is 1.00 bits per heavy atom. The molecule has 0 aliphatic carbocycles. The fourth-order valence-electron chi connectivity index (χ4n) is 2.68. The van der Waals surface area contributed by atoms with Crippen molar-refractivity contribution in [2.24, 2.45) is 0 Å². The SMILES string of the molecule is O=C([O-])CCc1ccc(-c2ccccc2)n1-c1cccc(O)c1. The van der Waals surface area contributed by atoms with Crippen molar-refractivity contribution in [3.05, 3.63) is 72.4 Å². The molecule has 0 bridgehead atoms. The van der Waals surface area contributed by atoms with Crippen LogP contribution in [0.5, 0.6) is 5.75 Å². The van der Waals surface area contributed by atoms with Gasteiger partial charge in [-0.3, -0.25) is 0 Å². The highest BCUT2D eigenvalue weighted by Gasteiger charge is 2.12. The molecule has 4 nitrogen and oxygen atoms in total. The minimum absolute atomic E-state index is 0.0446. The molecular formula is C19H16NO3-. The smallest absolute Gasteiger partial charge is 0.117 e. The van der Waals surface area contributed by atoms with Crippen LogP contribution in [0.15, 0.2) is 66.7 Å². The van der Waals surface area contributed by atoms with Crippen LogP contribution < -0.4 is 5.11 Å². The number of phenolic OH excluding ortho intramolecular Hbond substituents is 1. The van der Waals surface area contributed by atoms with Gasteiger partial charge in [-0.2, -0.15) is 0 Å². The number of benzene rings is 2. The van der Waals surface area contributed by atoms with Gasteiger partial charge in [0, 0.05) is 23.4 Å². The molecule has 0 atom stereocenters. The van der Waals surface area contributed by atoms with Gasteiger partial charge in [-0.25, -0.2) is 0 Å². The van der Waals surface area contributed by atoms with E-state index in [4.69, 9.17) is 0 Å². The highest BCUT2D eigenvalue weighted by atomic mass is 16.4. The van der Waals surface area contributed by atoms with Crippen molar-refractivity contribution in [3.8, 4) is 22.7 Å². The number of aryl methyl sites for hydroxylation is 1. The summed E-state index contributed by atoms with van der Waals surface area (Å²) in [5, 5.41) is 20.6. The Kier molecular flexibility index (Phi) is 4.15. The lowest BCUT2D eigenvalue weighted by molar-refractivity contribution is -0.305. The number of aromatic hydroxyl groups is 1. The maximum absolute atomic E-state index is 10.8. The Balaban J connectivity index is 2.12. The molecule has 0 saturated heterocycles. The minimum atomic E-state index is -1.07. The van der Waals surface area contributed by atoms with Gasteiger partial charge in [0.25, 0.3) is 0 Å². The van der Waals surface area contributed by atoms with Crippen molar-refractivity contribution in [3.63, 3.8) is 0 Å². The molecule has 1 heterocycles. The number of carboxylic acid groups (broad SMARTS) is 1. The third kappa shape index (κ3) is 3.26. The summed E-state index contributed by atoms with van der Waals surface area (Å²) in [6.07, 6.45) is 0.321. The average Bonchev–Trinajstić information content (AvgIpc) is 2.97. The Hall–Kier alpha value is -3.01. The van der Waals surface area contributed by atoms with E-state index in [0.717, 1.165) is 22.6 Å². The molecule has 0 saturated carbocycles. The van der Waals surface area contributed by atoms with Gasteiger partial charge in [0.2, 0.25) is 0 Å². The van der Waals surface area contributed by atoms with E-state index < -0.39 is 5.97 Å². The first-order chi connectivity index (χ1) is 11.1. The molecule has 0 unspecified atom stereocenters. The number of carbonyl (C=O) groups is 1. The van der Waals surface area contributed by atoms with Gasteiger partial charge < -0.3 is 19.6 Å². The quantitative estimate of drug-likeness (QED) is 0.788. The molecule has 2 aromatic carbocycles. The highest BCUT2D eigenvalue weighted by molar-refractivity contribution is 5.66. The van der Waals surface area contributed by atoms with Crippen LogP contribution in [0.25, 0.3) is 16.9 Å². The van der Waals surface area contributed by atoms with E-state index in [1.54, 1.807) is 18.2 Å². The zero-order valence-corrected chi connectivity index (χ0v) is 12.5. The van der Waals surface area contributed by atoms with Crippen molar-refractivity contribution < 1.29 is 15.0 Å². The monoisotopic (exact) mass is 306 g/mol. The zero-order valence-electron chi connectivity index (χ0n) is 12.5. The molecule has 23 heavy (non-hydrogen) atoms. The van der Waals surface area contributed by atoms with Gasteiger partial charge in [0.1, 0.15) is 5.75 Å². The Labute approximate surface area is 134 Å². The summed E-state index contributed by atoms with van der Waals surface area (Å²) in [6, 6.07) is 20.6. The average molecular weight is 306 g/mol. The third-order valence-corrected chi connectivity index (χ3v) is 3.70. The Morgan fingerprint density at radius 2 is 1.78 bits per heavy atom. The zero-order chi connectivity index (χ0) is 16.2. The number of carbonyl (C=O) groups excluding carboxylic acids is 1. The van der Waals surface area contributed by atoms with Gasteiger partial charge in [-0.15, -0.1) is 0 Å². The first kappa shape index (κ1) is 14.9. The van der Waals surface area contributed by atoms with Crippen LogP contribution in [0.4, 0.5) is 0 Å². The molecule has 3 aromatic rings. The van der Waals surface area contributed by atoms with Gasteiger partial charge in [0.05, 0.1) is 5.69 Å². The summed E-state index contributed by atoms with van der Waals surface area (Å²) in [7, 11) is 0. The van der Waals surface area contributed by atoms with Crippen LogP contribution in [-0.2, 0) is 11.2 Å². The predicted molar refractivity (Wildman–Crippen MR) is 86.2 cm³/mol. The summed E-state index contributed by atoms with van der Waals surface area (Å²) >= 11 is 0. The molecule has 116 valence electrons. The molecule has 0 aliphatic rings. The number of aromatic nitrogens is 1. The van der Waals surface area contributed by atoms with Crippen molar-refractivity contribution >= 4 is 5.97 Å². The highest BCUT2D eigenvalue weighted by Crippen LogP contribution is 2.28. The molecular weight excluding hydrogens is 290 g/mol. The molecule has 3 rings (SSSR count). The van der Waals surface area contributed by atoms with Crippen molar-refractivity contribution in [2.75, 3.05) is 0 Å². The lowest BCUT2D eigenvalue weighted by Crippen LogP contribution is -2.22. The van der Waals surface area contributed by atoms with E-state index in [9.17, 15) is 15.0 Å². The first-order valence-electron chi connectivity index (χ1n) is 7.40. The molecule has 0 radical (unpaired) electrons. The molecule has 1 N–H and O–H groups in total. The van der Waals surface area contributed by atoms with Crippen molar-refractivity contribution in [1.29, 1.82) is 0 Å². The first-order valence-corrected chi connectivity index (χ1v) is 7.40. The molecule has 1 aromatic heterocycles. The summed E-state index contributed by atoms with van der Waals surface area (Å²) in [5.74, 6) is -0.906. The number of nitrogens with zero attached hydrogens (tertiary/aromatic N) is 1. The predicted octanol–water partition coefficient (Wildman–Crippen LogP) is 2.53. The van der Waals surface area contributed by atoms with E-state index in [-0.39, 0.29) is 12.2 Å². The third-order valence-electron chi connectivity index (χ3n) is 3.70. The number of aliphatic carboxylic acids is 1. The number of hydrogen-bond acceptors (Lipinski definition) is 3. The summed E-state index contributed by atoms with van der Waals surface area (Å²) in [5.41, 5.74) is 3.63. The van der Waals surface area contributed by atoms with Crippen molar-refractivity contribution in [2.45, 2.75) is 12.8 Å². The van der Waals surface area contributed by atoms with Gasteiger partial charge in [-0.1, -0.05) is 36.4 Å². The molecule has 0 fully saturated rings. The van der Waals surface area contributed by atoms with Crippen LogP contribution >= 0.6 is 0 Å². The molecule has 0 spiro atoms. The van der Waals surface area contributed by atoms with Crippen LogP contribution in [0, 0.1) is 0 Å². The standard InChI is InChI=1S/C19H17NO3/c21-17-8-4-7-16(13-17)20-15(10-12-19(22)23)9-11-18(20)14-5-2-1-3-6-14/h1-9,11,13,21H,10,12H2,(H,22,23)/p-1. The van der Waals surface area contributed by atoms with E-state index in [1.165, 1.54) is 0 Å². The molecule has 0 amide bonds. The number of phenols is 1. The normalized spacial score (nSPS) is 10.6. The Bertz CT molecular complexity index is 822. The molecule has 0 aliphatic heterocycles. The topological polar surface area (TPSA) is 65.3 Å². The fraction of sp³-hybridized carbons (Fsp3) is 0.105. The van der Waals surface area contributed by atoms with Gasteiger partial charge >= 0.3 is 0 Å². The second-order valence-corrected chi connectivity index (χ2v) is 5.30. The Morgan fingerprint density at radius 3 is 2.48 bits per heavy atom. The minimum Gasteiger partial charge on any atom is -0.550 e. The lowest BCUT2D eigenvalue weighted by Gasteiger charge is -2.14. The van der Waals surface area contributed by atoms with Crippen LogP contribution in [0.3, 0.4) is 0 Å². The lowest BCUT2D eigenvalue weighted by atomic mass is 10.1. The van der Waals surface area contributed by atoms with Gasteiger partial charge in [-0.05, 0) is 42.7 Å². The second kappa shape index (κ2) is 6.40. The fourth-order valence-corrected chi connectivity index (χ4v) is 2.68. The van der Waals surface area contributed by atoms with E-state index in [0.29, 0.717) is 6.42 Å². The van der Waals surface area contributed by atoms with Crippen molar-refractivity contribution in [1.82, 2.24) is 4.57 Å². The van der Waals surface area contributed by atoms with E-state index >= 15 is 0 Å². The number of hydrogen-bond donors (Lipinski definition) is 1. The van der Waals surface area contributed by atoms with Crippen LogP contribution in [-0.4, -0.2) is 15.6 Å². The second-order valence-electron chi connectivity index (χ2n) is 5.30. The van der Waals surface area contributed by atoms with E-state index in [2.05, 4.69) is 0 Å². The van der Waals surface area contributed by atoms with Crippen LogP contribution in [0.1, 0.15) is 12.1 Å². The maximum Gasteiger partial charge on any atom is 0.117 e. The number of carboxylic acids is 1. The summed E-state index contributed by atoms with van der Waals surface area (Å²) in [4.78, 5) is 10.8. The summed E-state index contributed by atoms with van der Waals surface area (Å²) < 4.78 is 1.97.